The molecule has 0 heterocycles. The number of aliphatic hydroxyl groups is 1. The van der Waals surface area contributed by atoms with Gasteiger partial charge in [0, 0.05) is 17.2 Å². The van der Waals surface area contributed by atoms with Crippen molar-refractivity contribution in [1.82, 2.24) is 0 Å². The first kappa shape index (κ1) is 27.4. The first-order valence-corrected chi connectivity index (χ1v) is 12.0. The zero-order valence-corrected chi connectivity index (χ0v) is 20.6. The topological polar surface area (TPSA) is 181 Å². The maximum absolute atomic E-state index is 13.7. The van der Waals surface area contributed by atoms with E-state index in [1.807, 2.05) is 0 Å². The smallest absolute Gasteiger partial charge is 0.360 e. The molecule has 0 amide bonds. The molecule has 0 spiro atoms. The summed E-state index contributed by atoms with van der Waals surface area (Å²) in [6, 6.07) is 17.9. The fourth-order valence-electron chi connectivity index (χ4n) is 4.77. The van der Waals surface area contributed by atoms with Gasteiger partial charge in [0.1, 0.15) is 0 Å². The second kappa shape index (κ2) is 10.6. The average Bonchev–Trinajstić information content (AvgIpc) is 3.30. The van der Waals surface area contributed by atoms with Gasteiger partial charge in [-0.05, 0) is 29.5 Å². The standard InChI is InChI=1S/C29H25NO9/c30-22-15-20-12-11-17(13-21(20)16-22)14-23(31)39-29(27(36)37,25(33)19-9-5-2-6-10-19)28(38,26(34)35)24(32)18-7-3-1-4-8-18/h1-13,22,38H,14-16,30H2,(H,34,35)(H,36,37). The molecular formula is C29H25NO9. The summed E-state index contributed by atoms with van der Waals surface area (Å²) in [6.45, 7) is 0. The molecule has 5 N–H and O–H groups in total. The zero-order chi connectivity index (χ0) is 28.4. The zero-order valence-electron chi connectivity index (χ0n) is 20.6. The highest BCUT2D eigenvalue weighted by atomic mass is 16.6. The molecule has 0 bridgehead atoms. The van der Waals surface area contributed by atoms with Crippen molar-refractivity contribution >= 4 is 29.5 Å². The summed E-state index contributed by atoms with van der Waals surface area (Å²) >= 11 is 0. The average molecular weight is 532 g/mol. The lowest BCUT2D eigenvalue weighted by Gasteiger charge is -2.38. The van der Waals surface area contributed by atoms with Crippen LogP contribution >= 0.6 is 0 Å². The minimum Gasteiger partial charge on any atom is -0.479 e. The quantitative estimate of drug-likeness (QED) is 0.170. The third kappa shape index (κ3) is 4.83. The Morgan fingerprint density at radius 1 is 0.769 bits per heavy atom. The van der Waals surface area contributed by atoms with Gasteiger partial charge in [0.15, 0.2) is 0 Å². The molecule has 3 aromatic carbocycles. The molecule has 0 fully saturated rings. The number of benzene rings is 3. The van der Waals surface area contributed by atoms with Crippen molar-refractivity contribution in [3.05, 3.63) is 107 Å². The van der Waals surface area contributed by atoms with E-state index in [-0.39, 0.29) is 6.04 Å². The van der Waals surface area contributed by atoms with Crippen LogP contribution in [0.5, 0.6) is 0 Å². The van der Waals surface area contributed by atoms with Gasteiger partial charge in [-0.3, -0.25) is 14.4 Å². The maximum atomic E-state index is 13.7. The molecule has 0 saturated carbocycles. The lowest BCUT2D eigenvalue weighted by molar-refractivity contribution is -0.200. The fourth-order valence-corrected chi connectivity index (χ4v) is 4.77. The van der Waals surface area contributed by atoms with Crippen LogP contribution in [-0.4, -0.2) is 62.0 Å². The van der Waals surface area contributed by atoms with Gasteiger partial charge in [-0.2, -0.15) is 0 Å². The van der Waals surface area contributed by atoms with E-state index in [1.165, 1.54) is 36.4 Å². The number of aliphatic carboxylic acids is 2. The van der Waals surface area contributed by atoms with E-state index in [9.17, 15) is 39.3 Å². The van der Waals surface area contributed by atoms with Gasteiger partial charge in [-0.25, -0.2) is 9.59 Å². The Hall–Kier alpha value is -4.67. The van der Waals surface area contributed by atoms with Crippen molar-refractivity contribution < 1.29 is 44.0 Å². The Labute approximate surface area is 222 Å². The number of nitrogens with two attached hydrogens (primary N) is 1. The molecule has 0 saturated heterocycles. The maximum Gasteiger partial charge on any atom is 0.360 e. The largest absolute Gasteiger partial charge is 0.479 e. The Morgan fingerprint density at radius 2 is 1.31 bits per heavy atom. The van der Waals surface area contributed by atoms with Gasteiger partial charge >= 0.3 is 23.5 Å². The molecular weight excluding hydrogens is 506 g/mol. The van der Waals surface area contributed by atoms with Crippen molar-refractivity contribution in [1.29, 1.82) is 0 Å². The van der Waals surface area contributed by atoms with E-state index in [0.717, 1.165) is 35.4 Å². The first-order valence-electron chi connectivity index (χ1n) is 12.0. The van der Waals surface area contributed by atoms with Crippen LogP contribution in [-0.2, 0) is 38.4 Å². The highest BCUT2D eigenvalue weighted by Crippen LogP contribution is 2.36. The minimum atomic E-state index is -4.03. The molecule has 200 valence electrons. The lowest BCUT2D eigenvalue weighted by Crippen LogP contribution is -2.73. The highest BCUT2D eigenvalue weighted by Gasteiger charge is 2.73. The van der Waals surface area contributed by atoms with E-state index in [0.29, 0.717) is 18.4 Å². The number of hydrogen-bond acceptors (Lipinski definition) is 8. The number of hydrogen-bond donors (Lipinski definition) is 4. The van der Waals surface area contributed by atoms with Crippen molar-refractivity contribution in [3.8, 4) is 0 Å². The van der Waals surface area contributed by atoms with E-state index in [4.69, 9.17) is 10.5 Å². The third-order valence-electron chi connectivity index (χ3n) is 6.69. The number of carbonyl (C=O) groups is 5. The van der Waals surface area contributed by atoms with Crippen LogP contribution in [0.2, 0.25) is 0 Å². The molecule has 3 atom stereocenters. The summed E-state index contributed by atoms with van der Waals surface area (Å²) in [5.41, 5.74) is -0.479. The summed E-state index contributed by atoms with van der Waals surface area (Å²) in [5.74, 6) is -9.31. The number of rotatable bonds is 10. The molecule has 0 aliphatic heterocycles. The number of fused-ring (bicyclic) bond motifs is 1. The molecule has 0 radical (unpaired) electrons. The molecule has 1 aliphatic rings. The Bertz CT molecular complexity index is 1450. The second-order valence-corrected chi connectivity index (χ2v) is 9.31. The molecule has 10 nitrogen and oxygen atoms in total. The van der Waals surface area contributed by atoms with Gasteiger partial charge < -0.3 is 25.8 Å². The van der Waals surface area contributed by atoms with Crippen LogP contribution in [0.1, 0.15) is 37.4 Å². The summed E-state index contributed by atoms with van der Waals surface area (Å²) in [4.78, 5) is 65.7. The SMILES string of the molecule is NC1Cc2ccc(CC(=O)OC(C(=O)O)(C(=O)c3ccccc3)C(O)(C(=O)O)C(=O)c3ccccc3)cc2C1. The fraction of sp³-hybridized carbons (Fsp3) is 0.207. The van der Waals surface area contributed by atoms with Gasteiger partial charge in [-0.15, -0.1) is 0 Å². The Balaban J connectivity index is 1.83. The van der Waals surface area contributed by atoms with Crippen LogP contribution in [0.3, 0.4) is 0 Å². The van der Waals surface area contributed by atoms with E-state index in [1.54, 1.807) is 18.2 Å². The van der Waals surface area contributed by atoms with Gasteiger partial charge in [0.2, 0.25) is 11.6 Å². The van der Waals surface area contributed by atoms with Crippen molar-refractivity contribution in [2.75, 3.05) is 0 Å². The first-order chi connectivity index (χ1) is 18.5. The predicted octanol–water partition coefficient (Wildman–Crippen LogP) is 1.60. The third-order valence-corrected chi connectivity index (χ3v) is 6.69. The van der Waals surface area contributed by atoms with E-state index >= 15 is 0 Å². The van der Waals surface area contributed by atoms with Crippen LogP contribution < -0.4 is 5.73 Å². The molecule has 3 unspecified atom stereocenters. The van der Waals surface area contributed by atoms with E-state index < -0.39 is 58.2 Å². The van der Waals surface area contributed by atoms with Crippen LogP contribution in [0.15, 0.2) is 78.9 Å². The number of carboxylic acid groups (broad SMARTS) is 2. The van der Waals surface area contributed by atoms with Gasteiger partial charge in [0.25, 0.3) is 5.60 Å². The van der Waals surface area contributed by atoms with Crippen LogP contribution in [0.4, 0.5) is 0 Å². The molecule has 39 heavy (non-hydrogen) atoms. The number of esters is 1. The molecule has 10 heteroatoms. The Morgan fingerprint density at radius 3 is 1.85 bits per heavy atom. The summed E-state index contributed by atoms with van der Waals surface area (Å²) in [7, 11) is 0. The number of ketones is 2. The normalized spacial score (nSPS) is 17.2. The monoisotopic (exact) mass is 531 g/mol. The number of carbonyl (C=O) groups excluding carboxylic acids is 3. The number of Topliss-reactive ketones (excluding diaryl/α,β-unsaturated/α-hetero) is 2. The number of ether oxygens (including phenoxy) is 1. The van der Waals surface area contributed by atoms with Crippen LogP contribution in [0.25, 0.3) is 0 Å². The summed E-state index contributed by atoms with van der Waals surface area (Å²) in [5, 5.41) is 31.9. The van der Waals surface area contributed by atoms with Crippen molar-refractivity contribution in [2.45, 2.75) is 36.5 Å². The molecule has 4 rings (SSSR count). The van der Waals surface area contributed by atoms with E-state index in [2.05, 4.69) is 0 Å². The second-order valence-electron chi connectivity index (χ2n) is 9.31. The van der Waals surface area contributed by atoms with Crippen molar-refractivity contribution in [2.24, 2.45) is 5.73 Å². The molecule has 3 aromatic rings. The van der Waals surface area contributed by atoms with Crippen LogP contribution in [0, 0.1) is 0 Å². The van der Waals surface area contributed by atoms with Gasteiger partial charge in [0.05, 0.1) is 6.42 Å². The lowest BCUT2D eigenvalue weighted by atomic mass is 9.72. The number of carboxylic acids is 2. The predicted molar refractivity (Wildman–Crippen MR) is 136 cm³/mol. The highest BCUT2D eigenvalue weighted by molar-refractivity contribution is 6.29. The summed E-state index contributed by atoms with van der Waals surface area (Å²) < 4.78 is 5.16. The molecule has 1 aliphatic carbocycles. The summed E-state index contributed by atoms with van der Waals surface area (Å²) in [6.07, 6.45) is 0.643. The molecule has 0 aromatic heterocycles. The van der Waals surface area contributed by atoms with Crippen molar-refractivity contribution in [3.63, 3.8) is 0 Å². The Kier molecular flexibility index (Phi) is 7.44. The minimum absolute atomic E-state index is 0.0834. The van der Waals surface area contributed by atoms with Gasteiger partial charge in [-0.1, -0.05) is 78.9 Å².